The van der Waals surface area contributed by atoms with Gasteiger partial charge in [-0.3, -0.25) is 4.90 Å². The first-order valence-electron chi connectivity index (χ1n) is 7.33. The van der Waals surface area contributed by atoms with Crippen LogP contribution in [0.25, 0.3) is 10.9 Å². The van der Waals surface area contributed by atoms with Gasteiger partial charge in [0.2, 0.25) is 0 Å². The van der Waals surface area contributed by atoms with Crippen molar-refractivity contribution >= 4 is 10.9 Å². The molecule has 1 aromatic heterocycles. The Bertz CT molecular complexity index is 604. The minimum atomic E-state index is 0.302. The lowest BCUT2D eigenvalue weighted by Gasteiger charge is -2.43. The number of piperidine rings is 1. The number of hydrogen-bond donors (Lipinski definition) is 2. The van der Waals surface area contributed by atoms with Crippen LogP contribution in [-0.2, 0) is 6.42 Å². The maximum absolute atomic E-state index is 9.69. The molecule has 0 radical (unpaired) electrons. The molecule has 100 valence electrons. The zero-order valence-corrected chi connectivity index (χ0v) is 11.1. The van der Waals surface area contributed by atoms with Gasteiger partial charge in [0.25, 0.3) is 0 Å². The van der Waals surface area contributed by atoms with Gasteiger partial charge in [0.05, 0.1) is 6.04 Å². The normalized spacial score (nSPS) is 27.2. The first-order valence-corrected chi connectivity index (χ1v) is 7.33. The number of para-hydroxylation sites is 1. The molecular weight excluding hydrogens is 236 g/mol. The van der Waals surface area contributed by atoms with Gasteiger partial charge in [-0.05, 0) is 37.4 Å². The highest BCUT2D eigenvalue weighted by molar-refractivity contribution is 5.85. The van der Waals surface area contributed by atoms with Gasteiger partial charge in [-0.1, -0.05) is 18.2 Å². The Balaban J connectivity index is 1.87. The third kappa shape index (κ3) is 1.65. The lowest BCUT2D eigenvalue weighted by atomic mass is 9.83. The van der Waals surface area contributed by atoms with Crippen LogP contribution in [0.15, 0.2) is 24.3 Å². The van der Waals surface area contributed by atoms with Crippen LogP contribution in [0.3, 0.4) is 0 Å². The second-order valence-electron chi connectivity index (χ2n) is 5.88. The van der Waals surface area contributed by atoms with Gasteiger partial charge in [0.1, 0.15) is 0 Å². The van der Waals surface area contributed by atoms with Crippen LogP contribution in [0, 0.1) is 5.92 Å². The summed E-state index contributed by atoms with van der Waals surface area (Å²) in [6.45, 7) is 2.61. The molecule has 1 fully saturated rings. The molecule has 0 saturated carbocycles. The number of aromatic amines is 1. The summed E-state index contributed by atoms with van der Waals surface area (Å²) < 4.78 is 0. The summed E-state index contributed by atoms with van der Waals surface area (Å²) in [5, 5.41) is 11.1. The topological polar surface area (TPSA) is 39.3 Å². The largest absolute Gasteiger partial charge is 0.396 e. The number of H-pyrrole nitrogens is 1. The highest BCUT2D eigenvalue weighted by Crippen LogP contribution is 2.42. The van der Waals surface area contributed by atoms with E-state index in [1.807, 2.05) is 0 Å². The van der Waals surface area contributed by atoms with Gasteiger partial charge >= 0.3 is 0 Å². The number of nitrogens with one attached hydrogen (secondary N) is 1. The van der Waals surface area contributed by atoms with Gasteiger partial charge in [-0.25, -0.2) is 0 Å². The molecule has 2 unspecified atom stereocenters. The zero-order valence-electron chi connectivity index (χ0n) is 11.1. The second kappa shape index (κ2) is 4.36. The number of fused-ring (bicyclic) bond motifs is 5. The predicted molar refractivity (Wildman–Crippen MR) is 76.1 cm³/mol. The first-order chi connectivity index (χ1) is 9.38. The molecule has 19 heavy (non-hydrogen) atoms. The summed E-state index contributed by atoms with van der Waals surface area (Å²) >= 11 is 0. The maximum Gasteiger partial charge on any atom is 0.0551 e. The molecule has 2 aromatic rings. The number of hydrogen-bond acceptors (Lipinski definition) is 2. The zero-order chi connectivity index (χ0) is 12.8. The molecule has 0 aliphatic carbocycles. The van der Waals surface area contributed by atoms with E-state index in [1.54, 1.807) is 0 Å². The van der Waals surface area contributed by atoms with Crippen LogP contribution in [0.1, 0.15) is 30.1 Å². The standard InChI is InChI=1S/C16H20N2O/c19-10-11-4-3-8-18-9-7-13-12-5-1-2-6-14(12)17-15(13)16(11)18/h1-2,5-6,11,16-17,19H,3-4,7-10H2. The van der Waals surface area contributed by atoms with Crippen molar-refractivity contribution in [3.63, 3.8) is 0 Å². The summed E-state index contributed by atoms with van der Waals surface area (Å²) in [6.07, 6.45) is 3.50. The van der Waals surface area contributed by atoms with Gasteiger partial charge in [-0.2, -0.15) is 0 Å². The predicted octanol–water partition coefficient (Wildman–Crippen LogP) is 2.47. The third-order valence-corrected chi connectivity index (χ3v) is 4.89. The fourth-order valence-electron chi connectivity index (χ4n) is 4.01. The Morgan fingerprint density at radius 1 is 1.26 bits per heavy atom. The van der Waals surface area contributed by atoms with E-state index in [0.717, 1.165) is 19.4 Å². The smallest absolute Gasteiger partial charge is 0.0551 e. The highest BCUT2D eigenvalue weighted by Gasteiger charge is 2.37. The quantitative estimate of drug-likeness (QED) is 0.822. The number of rotatable bonds is 1. The lowest BCUT2D eigenvalue weighted by Crippen LogP contribution is -2.44. The average Bonchev–Trinajstić information content (AvgIpc) is 2.85. The van der Waals surface area contributed by atoms with E-state index < -0.39 is 0 Å². The molecule has 2 atom stereocenters. The molecule has 1 aromatic carbocycles. The van der Waals surface area contributed by atoms with Crippen molar-refractivity contribution < 1.29 is 5.11 Å². The van der Waals surface area contributed by atoms with Crippen LogP contribution in [0.5, 0.6) is 0 Å². The number of benzene rings is 1. The van der Waals surface area contributed by atoms with Gasteiger partial charge in [-0.15, -0.1) is 0 Å². The number of aliphatic hydroxyl groups is 1. The van der Waals surface area contributed by atoms with Crippen LogP contribution in [-0.4, -0.2) is 34.7 Å². The van der Waals surface area contributed by atoms with Crippen molar-refractivity contribution in [2.24, 2.45) is 5.92 Å². The van der Waals surface area contributed by atoms with Gasteiger partial charge in [0, 0.05) is 35.7 Å². The van der Waals surface area contributed by atoms with Gasteiger partial charge < -0.3 is 10.1 Å². The van der Waals surface area contributed by atoms with E-state index in [1.165, 1.54) is 35.1 Å². The Hall–Kier alpha value is -1.32. The molecule has 3 heterocycles. The van der Waals surface area contributed by atoms with Crippen molar-refractivity contribution in [3.05, 3.63) is 35.5 Å². The van der Waals surface area contributed by atoms with Crippen molar-refractivity contribution in [2.75, 3.05) is 19.7 Å². The van der Waals surface area contributed by atoms with Crippen molar-refractivity contribution in [3.8, 4) is 0 Å². The average molecular weight is 256 g/mol. The van der Waals surface area contributed by atoms with Crippen molar-refractivity contribution in [1.29, 1.82) is 0 Å². The van der Waals surface area contributed by atoms with Crippen LogP contribution in [0.4, 0.5) is 0 Å². The SMILES string of the molecule is OCC1CCCN2CCc3c([nH]c4ccccc34)C12. The van der Waals surface area contributed by atoms with Crippen molar-refractivity contribution in [1.82, 2.24) is 9.88 Å². The summed E-state index contributed by atoms with van der Waals surface area (Å²) in [4.78, 5) is 6.18. The molecule has 4 rings (SSSR count). The molecule has 0 bridgehead atoms. The summed E-state index contributed by atoms with van der Waals surface area (Å²) in [5.74, 6) is 0.390. The molecule has 3 heteroatoms. The number of aromatic nitrogens is 1. The minimum absolute atomic E-state index is 0.302. The van der Waals surface area contributed by atoms with E-state index in [4.69, 9.17) is 0 Å². The van der Waals surface area contributed by atoms with Crippen molar-refractivity contribution in [2.45, 2.75) is 25.3 Å². The molecule has 0 amide bonds. The monoisotopic (exact) mass is 256 g/mol. The molecule has 1 saturated heterocycles. The number of aliphatic hydroxyl groups excluding tert-OH is 1. The van der Waals surface area contributed by atoms with E-state index in [0.29, 0.717) is 18.6 Å². The van der Waals surface area contributed by atoms with Crippen LogP contribution < -0.4 is 0 Å². The Morgan fingerprint density at radius 2 is 2.16 bits per heavy atom. The molecular formula is C16H20N2O. The van der Waals surface area contributed by atoms with E-state index in [2.05, 4.69) is 34.1 Å². The third-order valence-electron chi connectivity index (χ3n) is 4.89. The summed E-state index contributed by atoms with van der Waals surface area (Å²) in [6, 6.07) is 8.99. The van der Waals surface area contributed by atoms with E-state index >= 15 is 0 Å². The Morgan fingerprint density at radius 3 is 3.05 bits per heavy atom. The summed E-state index contributed by atoms with van der Waals surface area (Å²) in [7, 11) is 0. The van der Waals surface area contributed by atoms with Crippen LogP contribution >= 0.6 is 0 Å². The second-order valence-corrected chi connectivity index (χ2v) is 5.88. The Labute approximate surface area is 113 Å². The van der Waals surface area contributed by atoms with Gasteiger partial charge in [0.15, 0.2) is 0 Å². The molecule has 0 spiro atoms. The Kier molecular flexibility index (Phi) is 2.64. The lowest BCUT2D eigenvalue weighted by molar-refractivity contribution is 0.0465. The highest BCUT2D eigenvalue weighted by atomic mass is 16.3. The van der Waals surface area contributed by atoms with E-state index in [9.17, 15) is 5.11 Å². The molecule has 2 aliphatic heterocycles. The minimum Gasteiger partial charge on any atom is -0.396 e. The summed E-state index contributed by atoms with van der Waals surface area (Å²) in [5.41, 5.74) is 4.10. The van der Waals surface area contributed by atoms with Crippen LogP contribution in [0.2, 0.25) is 0 Å². The molecule has 3 nitrogen and oxygen atoms in total. The molecule has 2 N–H and O–H groups in total. The fraction of sp³-hybridized carbons (Fsp3) is 0.500. The van der Waals surface area contributed by atoms with E-state index in [-0.39, 0.29) is 0 Å². The maximum atomic E-state index is 9.69. The molecule has 2 aliphatic rings. The first kappa shape index (κ1) is 11.5. The number of nitrogens with zero attached hydrogens (tertiary/aromatic N) is 1. The fourth-order valence-corrected chi connectivity index (χ4v) is 4.01.